The first-order valence-corrected chi connectivity index (χ1v) is 6.80. The molecule has 1 aliphatic heterocycles. The summed E-state index contributed by atoms with van der Waals surface area (Å²) in [4.78, 5) is 4.72. The third kappa shape index (κ3) is 2.24. The van der Waals surface area contributed by atoms with Crippen molar-refractivity contribution < 1.29 is 5.11 Å². The number of nitrogens with one attached hydrogen (secondary N) is 1. The Labute approximate surface area is 109 Å². The predicted octanol–water partition coefficient (Wildman–Crippen LogP) is 2.08. The van der Waals surface area contributed by atoms with E-state index in [1.165, 1.54) is 0 Å². The van der Waals surface area contributed by atoms with Crippen LogP contribution in [0.2, 0.25) is 0 Å². The Balaban J connectivity index is 1.80. The zero-order valence-electron chi connectivity index (χ0n) is 9.44. The molecule has 0 amide bonds. The van der Waals surface area contributed by atoms with E-state index in [0.29, 0.717) is 12.1 Å². The van der Waals surface area contributed by atoms with Crippen LogP contribution in [0.25, 0.3) is 0 Å². The largest absolute Gasteiger partial charge is 0.393 e. The van der Waals surface area contributed by atoms with Gasteiger partial charge in [0.15, 0.2) is 0 Å². The van der Waals surface area contributed by atoms with E-state index in [4.69, 9.17) is 4.99 Å². The smallest absolute Gasteiger partial charge is 0.128 e. The number of hydrogen-bond donors (Lipinski definition) is 2. The molecule has 1 aromatic carbocycles. The lowest BCUT2D eigenvalue weighted by Crippen LogP contribution is -2.41. The van der Waals surface area contributed by atoms with Gasteiger partial charge in [0.05, 0.1) is 18.2 Å². The molecular weight excluding hydrogens is 280 g/mol. The van der Waals surface area contributed by atoms with Crippen LogP contribution in [0.3, 0.4) is 0 Å². The van der Waals surface area contributed by atoms with Gasteiger partial charge in [-0.2, -0.15) is 0 Å². The van der Waals surface area contributed by atoms with Crippen molar-refractivity contribution >= 4 is 21.8 Å². The lowest BCUT2D eigenvalue weighted by atomic mass is 9.90. The highest BCUT2D eigenvalue weighted by molar-refractivity contribution is 9.10. The van der Waals surface area contributed by atoms with Crippen molar-refractivity contribution in [3.05, 3.63) is 34.3 Å². The molecule has 1 aliphatic carbocycles. The summed E-state index contributed by atoms with van der Waals surface area (Å²) in [5.74, 6) is 0.974. The maximum atomic E-state index is 9.65. The third-order valence-corrected chi connectivity index (χ3v) is 4.05. The van der Waals surface area contributed by atoms with E-state index in [2.05, 4.69) is 33.4 Å². The first-order valence-electron chi connectivity index (χ1n) is 6.01. The van der Waals surface area contributed by atoms with Gasteiger partial charge in [0.1, 0.15) is 5.84 Å². The first kappa shape index (κ1) is 11.2. The zero-order chi connectivity index (χ0) is 11.8. The molecule has 3 atom stereocenters. The van der Waals surface area contributed by atoms with E-state index < -0.39 is 0 Å². The zero-order valence-corrected chi connectivity index (χ0v) is 11.0. The molecule has 0 radical (unpaired) electrons. The van der Waals surface area contributed by atoms with E-state index in [1.807, 2.05) is 12.1 Å². The fourth-order valence-corrected chi connectivity index (χ4v) is 2.85. The fourth-order valence-electron chi connectivity index (χ4n) is 2.59. The standard InChI is InChI=1S/C13H15BrN2O/c14-9-3-1-8(2-4-9)13-15-11-6-5-10(17)7-12(11)16-13/h1-4,10-12,17H,5-7H2,(H,15,16). The number of fused-ring (bicyclic) bond motifs is 1. The summed E-state index contributed by atoms with van der Waals surface area (Å²) < 4.78 is 1.08. The number of aliphatic hydroxyl groups excluding tert-OH is 1. The Bertz CT molecular complexity index is 443. The maximum Gasteiger partial charge on any atom is 0.128 e. The second-order valence-electron chi connectivity index (χ2n) is 4.77. The summed E-state index contributed by atoms with van der Waals surface area (Å²) in [6, 6.07) is 8.83. The van der Waals surface area contributed by atoms with Crippen LogP contribution in [0.5, 0.6) is 0 Å². The maximum absolute atomic E-state index is 9.65. The van der Waals surface area contributed by atoms with Gasteiger partial charge in [0, 0.05) is 10.0 Å². The van der Waals surface area contributed by atoms with Crippen molar-refractivity contribution in [1.29, 1.82) is 0 Å². The predicted molar refractivity (Wildman–Crippen MR) is 71.2 cm³/mol. The molecule has 0 bridgehead atoms. The first-order chi connectivity index (χ1) is 8.22. The minimum absolute atomic E-state index is 0.164. The summed E-state index contributed by atoms with van der Waals surface area (Å²) in [6.45, 7) is 0. The Hall–Kier alpha value is -0.870. The molecule has 3 nitrogen and oxygen atoms in total. The van der Waals surface area contributed by atoms with Gasteiger partial charge in [-0.05, 0) is 31.4 Å². The van der Waals surface area contributed by atoms with Crippen LogP contribution in [-0.2, 0) is 0 Å². The lowest BCUT2D eigenvalue weighted by molar-refractivity contribution is 0.112. The van der Waals surface area contributed by atoms with E-state index in [-0.39, 0.29) is 6.10 Å². The van der Waals surface area contributed by atoms with Crippen LogP contribution in [0.4, 0.5) is 0 Å². The summed E-state index contributed by atoms with van der Waals surface area (Å²) in [7, 11) is 0. The van der Waals surface area contributed by atoms with Gasteiger partial charge in [-0.3, -0.25) is 4.99 Å². The van der Waals surface area contributed by atoms with Crippen LogP contribution in [0.1, 0.15) is 24.8 Å². The third-order valence-electron chi connectivity index (χ3n) is 3.52. The lowest BCUT2D eigenvalue weighted by Gasteiger charge is -2.27. The molecule has 1 heterocycles. The molecule has 1 aromatic rings. The number of aliphatic hydroxyl groups is 1. The number of benzene rings is 1. The Kier molecular flexibility index (Phi) is 2.92. The molecule has 4 heteroatoms. The Morgan fingerprint density at radius 1 is 1.24 bits per heavy atom. The van der Waals surface area contributed by atoms with Gasteiger partial charge in [-0.25, -0.2) is 0 Å². The van der Waals surface area contributed by atoms with Gasteiger partial charge in [-0.1, -0.05) is 28.1 Å². The van der Waals surface area contributed by atoms with Gasteiger partial charge in [-0.15, -0.1) is 0 Å². The molecule has 1 fully saturated rings. The monoisotopic (exact) mass is 294 g/mol. The number of aliphatic imine (C=N–C) groups is 1. The Morgan fingerprint density at radius 3 is 2.76 bits per heavy atom. The molecule has 2 aliphatic rings. The SMILES string of the molecule is OC1CCC2N=C(c3ccc(Br)cc3)NC2C1. The molecular formula is C13H15BrN2O. The summed E-state index contributed by atoms with van der Waals surface area (Å²) >= 11 is 3.43. The molecule has 0 spiro atoms. The van der Waals surface area contributed by atoms with Crippen LogP contribution in [0.15, 0.2) is 33.7 Å². The normalized spacial score (nSPS) is 31.6. The molecule has 3 unspecified atom stereocenters. The van der Waals surface area contributed by atoms with E-state index in [9.17, 15) is 5.11 Å². The van der Waals surface area contributed by atoms with Gasteiger partial charge < -0.3 is 10.4 Å². The number of rotatable bonds is 1. The van der Waals surface area contributed by atoms with Gasteiger partial charge in [0.25, 0.3) is 0 Å². The molecule has 0 saturated heterocycles. The molecule has 2 N–H and O–H groups in total. The molecule has 1 saturated carbocycles. The van der Waals surface area contributed by atoms with E-state index >= 15 is 0 Å². The van der Waals surface area contributed by atoms with Gasteiger partial charge >= 0.3 is 0 Å². The topological polar surface area (TPSA) is 44.6 Å². The molecule has 17 heavy (non-hydrogen) atoms. The highest BCUT2D eigenvalue weighted by Gasteiger charge is 2.34. The minimum atomic E-state index is -0.164. The van der Waals surface area contributed by atoms with Crippen LogP contribution in [0, 0.1) is 0 Å². The Morgan fingerprint density at radius 2 is 2.00 bits per heavy atom. The number of halogens is 1. The molecule has 0 aromatic heterocycles. The minimum Gasteiger partial charge on any atom is -0.393 e. The van der Waals surface area contributed by atoms with Crippen molar-refractivity contribution in [3.8, 4) is 0 Å². The van der Waals surface area contributed by atoms with E-state index in [0.717, 1.165) is 35.1 Å². The van der Waals surface area contributed by atoms with Gasteiger partial charge in [0.2, 0.25) is 0 Å². The van der Waals surface area contributed by atoms with E-state index in [1.54, 1.807) is 0 Å². The highest BCUT2D eigenvalue weighted by Crippen LogP contribution is 2.26. The van der Waals surface area contributed by atoms with Crippen molar-refractivity contribution in [2.45, 2.75) is 37.5 Å². The van der Waals surface area contributed by atoms with Crippen molar-refractivity contribution in [1.82, 2.24) is 5.32 Å². The van der Waals surface area contributed by atoms with Crippen LogP contribution in [-0.4, -0.2) is 29.1 Å². The van der Waals surface area contributed by atoms with Crippen molar-refractivity contribution in [2.75, 3.05) is 0 Å². The summed E-state index contributed by atoms with van der Waals surface area (Å²) in [5, 5.41) is 13.1. The second-order valence-corrected chi connectivity index (χ2v) is 5.69. The molecule has 3 rings (SSSR count). The fraction of sp³-hybridized carbons (Fsp3) is 0.462. The van der Waals surface area contributed by atoms with Crippen molar-refractivity contribution in [3.63, 3.8) is 0 Å². The van der Waals surface area contributed by atoms with Crippen molar-refractivity contribution in [2.24, 2.45) is 4.99 Å². The second kappa shape index (κ2) is 4.42. The highest BCUT2D eigenvalue weighted by atomic mass is 79.9. The van der Waals surface area contributed by atoms with Crippen LogP contribution < -0.4 is 5.32 Å². The average molecular weight is 295 g/mol. The number of nitrogens with zero attached hydrogens (tertiary/aromatic N) is 1. The van der Waals surface area contributed by atoms with Crippen LogP contribution >= 0.6 is 15.9 Å². The quantitative estimate of drug-likeness (QED) is 0.833. The summed E-state index contributed by atoms with van der Waals surface area (Å²) in [6.07, 6.45) is 2.51. The summed E-state index contributed by atoms with van der Waals surface area (Å²) in [5.41, 5.74) is 1.12. The number of hydrogen-bond acceptors (Lipinski definition) is 3. The molecule has 90 valence electrons. The average Bonchev–Trinajstić information content (AvgIpc) is 2.72. The number of amidine groups is 1.